The Morgan fingerprint density at radius 1 is 1.26 bits per heavy atom. The van der Waals surface area contributed by atoms with Gasteiger partial charge in [-0.3, -0.25) is 4.79 Å². The summed E-state index contributed by atoms with van der Waals surface area (Å²) in [5.74, 6) is 1.01. The van der Waals surface area contributed by atoms with Crippen LogP contribution in [0, 0.1) is 12.8 Å². The molecule has 1 aliphatic carbocycles. The number of carbonyl (C=O) groups excluding carboxylic acids is 1. The summed E-state index contributed by atoms with van der Waals surface area (Å²) in [5, 5.41) is 3.09. The second-order valence-electron chi connectivity index (χ2n) is 5.95. The number of imidazole rings is 1. The highest BCUT2D eigenvalue weighted by atomic mass is 16.1. The van der Waals surface area contributed by atoms with Crippen LogP contribution in [0.15, 0.2) is 43.0 Å². The van der Waals surface area contributed by atoms with Gasteiger partial charge in [-0.1, -0.05) is 0 Å². The maximum Gasteiger partial charge on any atom is 0.252 e. The molecule has 0 aromatic carbocycles. The number of nitrogens with one attached hydrogen (secondary N) is 1. The van der Waals surface area contributed by atoms with Crippen molar-refractivity contribution in [1.29, 1.82) is 0 Å². The third-order valence-electron chi connectivity index (χ3n) is 4.13. The fourth-order valence-corrected chi connectivity index (χ4v) is 2.72. The number of rotatable bonds is 4. The van der Waals surface area contributed by atoms with E-state index in [0.717, 1.165) is 24.2 Å². The van der Waals surface area contributed by atoms with Crippen LogP contribution >= 0.6 is 0 Å². The van der Waals surface area contributed by atoms with Crippen LogP contribution in [0.4, 0.5) is 0 Å². The Morgan fingerprint density at radius 3 is 2.91 bits per heavy atom. The topological polar surface area (TPSA) is 72.2 Å². The first kappa shape index (κ1) is 13.9. The Labute approximate surface area is 133 Å². The van der Waals surface area contributed by atoms with Gasteiger partial charge in [0.1, 0.15) is 5.65 Å². The van der Waals surface area contributed by atoms with Gasteiger partial charge in [-0.25, -0.2) is 15.0 Å². The normalized spacial score (nSPS) is 15.5. The summed E-state index contributed by atoms with van der Waals surface area (Å²) < 4.78 is 1.87. The summed E-state index contributed by atoms with van der Waals surface area (Å²) in [6.07, 6.45) is 9.35. The molecule has 0 aliphatic heterocycles. The molecule has 6 heteroatoms. The zero-order valence-corrected chi connectivity index (χ0v) is 12.8. The molecular weight excluding hydrogens is 290 g/mol. The number of hydrogen-bond acceptors (Lipinski definition) is 4. The zero-order chi connectivity index (χ0) is 15.8. The van der Waals surface area contributed by atoms with E-state index >= 15 is 0 Å². The van der Waals surface area contributed by atoms with E-state index in [4.69, 9.17) is 0 Å². The molecule has 0 saturated heterocycles. The minimum Gasteiger partial charge on any atom is -0.342 e. The van der Waals surface area contributed by atoms with E-state index in [1.54, 1.807) is 24.5 Å². The van der Waals surface area contributed by atoms with Crippen molar-refractivity contribution in [3.8, 4) is 0 Å². The molecule has 0 bridgehead atoms. The van der Waals surface area contributed by atoms with Crippen molar-refractivity contribution in [2.24, 2.45) is 5.92 Å². The number of aromatic nitrogens is 4. The third-order valence-corrected chi connectivity index (χ3v) is 4.13. The van der Waals surface area contributed by atoms with Crippen molar-refractivity contribution in [2.45, 2.75) is 25.8 Å². The second kappa shape index (κ2) is 5.46. The van der Waals surface area contributed by atoms with E-state index in [-0.39, 0.29) is 11.9 Å². The van der Waals surface area contributed by atoms with Gasteiger partial charge in [-0.2, -0.15) is 0 Å². The molecule has 3 aromatic heterocycles. The van der Waals surface area contributed by atoms with Gasteiger partial charge in [0.2, 0.25) is 0 Å². The maximum absolute atomic E-state index is 12.6. The molecule has 6 nitrogen and oxygen atoms in total. The molecule has 0 radical (unpaired) electrons. The second-order valence-corrected chi connectivity index (χ2v) is 5.95. The summed E-state index contributed by atoms with van der Waals surface area (Å²) >= 11 is 0. The molecule has 116 valence electrons. The van der Waals surface area contributed by atoms with E-state index in [9.17, 15) is 4.79 Å². The number of amides is 1. The van der Waals surface area contributed by atoms with Gasteiger partial charge in [0.15, 0.2) is 5.82 Å². The molecule has 3 heterocycles. The molecule has 3 aromatic rings. The molecular formula is C17H17N5O. The van der Waals surface area contributed by atoms with Crippen LogP contribution in [0.2, 0.25) is 0 Å². The molecule has 4 rings (SSSR count). The fourth-order valence-electron chi connectivity index (χ4n) is 2.72. The predicted octanol–water partition coefficient (Wildman–Crippen LogP) is 2.31. The largest absolute Gasteiger partial charge is 0.342 e. The Morgan fingerprint density at radius 2 is 2.13 bits per heavy atom. The molecule has 1 aliphatic rings. The number of nitrogens with zero attached hydrogens (tertiary/aromatic N) is 4. The monoisotopic (exact) mass is 307 g/mol. The quantitative estimate of drug-likeness (QED) is 0.803. The molecule has 1 N–H and O–H groups in total. The first-order chi connectivity index (χ1) is 11.2. The minimum absolute atomic E-state index is 0.113. The molecule has 23 heavy (non-hydrogen) atoms. The molecule has 1 saturated carbocycles. The number of pyridine rings is 1. The van der Waals surface area contributed by atoms with Gasteiger partial charge in [0.05, 0.1) is 6.04 Å². The van der Waals surface area contributed by atoms with Crippen LogP contribution in [0.5, 0.6) is 0 Å². The van der Waals surface area contributed by atoms with Crippen LogP contribution in [0.1, 0.15) is 40.8 Å². The summed E-state index contributed by atoms with van der Waals surface area (Å²) in [6, 6.07) is 5.32. The van der Waals surface area contributed by atoms with E-state index < -0.39 is 0 Å². The van der Waals surface area contributed by atoms with E-state index in [2.05, 4.69) is 20.3 Å². The summed E-state index contributed by atoms with van der Waals surface area (Å²) in [4.78, 5) is 25.7. The van der Waals surface area contributed by atoms with E-state index in [1.807, 2.05) is 29.8 Å². The molecule has 1 fully saturated rings. The predicted molar refractivity (Wildman–Crippen MR) is 84.9 cm³/mol. The Balaban J connectivity index is 1.60. The smallest absolute Gasteiger partial charge is 0.252 e. The van der Waals surface area contributed by atoms with Gasteiger partial charge >= 0.3 is 0 Å². The van der Waals surface area contributed by atoms with Gasteiger partial charge in [-0.05, 0) is 43.9 Å². The Bertz CT molecular complexity index is 868. The SMILES string of the molecule is Cc1ccnc([C@H](NC(=O)c2ccn3ccnc3c2)C2CC2)n1. The van der Waals surface area contributed by atoms with Crippen LogP contribution < -0.4 is 5.32 Å². The van der Waals surface area contributed by atoms with Crippen LogP contribution in [-0.4, -0.2) is 25.3 Å². The Hall–Kier alpha value is -2.76. The molecule has 1 amide bonds. The average molecular weight is 307 g/mol. The number of hydrogen-bond donors (Lipinski definition) is 1. The van der Waals surface area contributed by atoms with Gasteiger partial charge < -0.3 is 9.72 Å². The van der Waals surface area contributed by atoms with Gasteiger partial charge in [-0.15, -0.1) is 0 Å². The van der Waals surface area contributed by atoms with Crippen molar-refractivity contribution >= 4 is 11.6 Å². The highest BCUT2D eigenvalue weighted by molar-refractivity contribution is 5.95. The van der Waals surface area contributed by atoms with Gasteiger partial charge in [0.25, 0.3) is 5.91 Å². The van der Waals surface area contributed by atoms with Crippen LogP contribution in [0.25, 0.3) is 5.65 Å². The van der Waals surface area contributed by atoms with E-state index in [0.29, 0.717) is 17.3 Å². The summed E-state index contributed by atoms with van der Waals surface area (Å²) in [7, 11) is 0. The Kier molecular flexibility index (Phi) is 3.29. The lowest BCUT2D eigenvalue weighted by atomic mass is 10.1. The lowest BCUT2D eigenvalue weighted by Gasteiger charge is -2.17. The van der Waals surface area contributed by atoms with Crippen molar-refractivity contribution in [2.75, 3.05) is 0 Å². The van der Waals surface area contributed by atoms with Crippen LogP contribution in [0.3, 0.4) is 0 Å². The lowest BCUT2D eigenvalue weighted by Crippen LogP contribution is -2.31. The zero-order valence-electron chi connectivity index (χ0n) is 12.8. The van der Waals surface area contributed by atoms with Crippen molar-refractivity contribution in [3.05, 3.63) is 60.1 Å². The van der Waals surface area contributed by atoms with Crippen molar-refractivity contribution in [3.63, 3.8) is 0 Å². The molecule has 0 spiro atoms. The number of aryl methyl sites for hydroxylation is 1. The maximum atomic E-state index is 12.6. The van der Waals surface area contributed by atoms with Gasteiger partial charge in [0, 0.05) is 36.0 Å². The van der Waals surface area contributed by atoms with Crippen molar-refractivity contribution in [1.82, 2.24) is 24.7 Å². The summed E-state index contributed by atoms with van der Waals surface area (Å²) in [6.45, 7) is 1.93. The standard InChI is InChI=1S/C17H17N5O/c1-11-4-6-19-16(20-11)15(12-2-3-12)21-17(23)13-5-8-22-9-7-18-14(22)10-13/h4-10,12,15H,2-3H2,1H3,(H,21,23)/t15-/m1/s1. The summed E-state index contributed by atoms with van der Waals surface area (Å²) in [5.41, 5.74) is 2.27. The van der Waals surface area contributed by atoms with Crippen molar-refractivity contribution < 1.29 is 4.79 Å². The van der Waals surface area contributed by atoms with Crippen LogP contribution in [-0.2, 0) is 0 Å². The first-order valence-electron chi connectivity index (χ1n) is 7.74. The lowest BCUT2D eigenvalue weighted by molar-refractivity contribution is 0.0929. The third kappa shape index (κ3) is 2.79. The number of carbonyl (C=O) groups is 1. The number of fused-ring (bicyclic) bond motifs is 1. The highest BCUT2D eigenvalue weighted by Gasteiger charge is 2.35. The highest BCUT2D eigenvalue weighted by Crippen LogP contribution is 2.40. The van der Waals surface area contributed by atoms with E-state index in [1.165, 1.54) is 0 Å². The average Bonchev–Trinajstić information content (AvgIpc) is 3.28. The minimum atomic E-state index is -0.127. The molecule has 1 atom stereocenters. The molecule has 0 unspecified atom stereocenters. The fraction of sp³-hybridized carbons (Fsp3) is 0.294. The first-order valence-corrected chi connectivity index (χ1v) is 7.74.